The molecule has 0 aliphatic carbocycles. The zero-order valence-electron chi connectivity index (χ0n) is 20.8. The summed E-state index contributed by atoms with van der Waals surface area (Å²) in [5.41, 5.74) is -0.0597. The second kappa shape index (κ2) is 16.5. The highest BCUT2D eigenvalue weighted by Gasteiger charge is 2.22. The van der Waals surface area contributed by atoms with E-state index < -0.39 is 17.8 Å². The molecule has 0 bridgehead atoms. The van der Waals surface area contributed by atoms with Crippen LogP contribution < -0.4 is 5.32 Å². The lowest BCUT2D eigenvalue weighted by molar-refractivity contribution is -0.150. The molecule has 2 atom stereocenters. The van der Waals surface area contributed by atoms with Gasteiger partial charge in [0.25, 0.3) is 0 Å². The Hall–Kier alpha value is -3.10. The molecule has 0 aromatic heterocycles. The second-order valence-corrected chi connectivity index (χ2v) is 8.88. The largest absolute Gasteiger partial charge is 0.463 e. The molecular weight excluding hydrogens is 454 g/mol. The smallest absolute Gasteiger partial charge is 0.417 e. The quantitative estimate of drug-likeness (QED) is 0.413. The normalized spacial score (nSPS) is 18.3. The maximum absolute atomic E-state index is 12.1. The standard InChI is InChI=1S/C17H22O4.C8H15NO4.CH4/c1-13-12-15(10-6-3-7-11-16(18)20-13)21-17(19)14-8-4-2-5-9-14;1-5-12-6(10)9-7(11)13-8(2,3)4;/h2,4-5,8-9,13,15H,3,6-7,10-12H2,1H3;5H2,1-4H3,(H,9,10,11);1H4. The number of hydrogen-bond donors (Lipinski definition) is 1. The van der Waals surface area contributed by atoms with E-state index in [0.717, 1.165) is 25.7 Å². The lowest BCUT2D eigenvalue weighted by Gasteiger charge is -2.23. The molecule has 2 unspecified atom stereocenters. The summed E-state index contributed by atoms with van der Waals surface area (Å²) in [5.74, 6) is -0.464. The molecule has 1 aliphatic heterocycles. The van der Waals surface area contributed by atoms with Crippen LogP contribution in [-0.2, 0) is 23.7 Å². The van der Waals surface area contributed by atoms with Crippen molar-refractivity contribution in [2.75, 3.05) is 6.61 Å². The predicted molar refractivity (Wildman–Crippen MR) is 132 cm³/mol. The van der Waals surface area contributed by atoms with E-state index in [1.165, 1.54) is 0 Å². The molecule has 9 heteroatoms. The summed E-state index contributed by atoms with van der Waals surface area (Å²) in [4.78, 5) is 45.3. The Kier molecular flexibility index (Phi) is 15.1. The molecule has 1 aliphatic rings. The van der Waals surface area contributed by atoms with Gasteiger partial charge >= 0.3 is 24.1 Å². The van der Waals surface area contributed by atoms with E-state index >= 15 is 0 Å². The second-order valence-electron chi connectivity index (χ2n) is 8.88. The average molecular weight is 496 g/mol. The molecule has 1 fully saturated rings. The molecule has 1 saturated heterocycles. The number of imide groups is 1. The Bertz CT molecular complexity index is 788. The summed E-state index contributed by atoms with van der Waals surface area (Å²) < 4.78 is 20.2. The van der Waals surface area contributed by atoms with Crippen molar-refractivity contribution in [2.24, 2.45) is 0 Å². The van der Waals surface area contributed by atoms with E-state index in [-0.39, 0.29) is 38.2 Å². The van der Waals surface area contributed by atoms with Gasteiger partial charge in [0.15, 0.2) is 0 Å². The van der Waals surface area contributed by atoms with Gasteiger partial charge in [-0.1, -0.05) is 32.0 Å². The van der Waals surface area contributed by atoms with Gasteiger partial charge in [0, 0.05) is 12.8 Å². The molecule has 0 radical (unpaired) electrons. The topological polar surface area (TPSA) is 117 Å². The number of alkyl carbamates (subject to hydrolysis) is 2. The van der Waals surface area contributed by atoms with Crippen molar-refractivity contribution in [1.82, 2.24) is 5.32 Å². The van der Waals surface area contributed by atoms with Crippen LogP contribution in [-0.4, -0.2) is 48.5 Å². The molecule has 9 nitrogen and oxygen atoms in total. The summed E-state index contributed by atoms with van der Waals surface area (Å²) in [5, 5.41) is 1.92. The zero-order chi connectivity index (χ0) is 25.6. The van der Waals surface area contributed by atoms with Crippen LogP contribution >= 0.6 is 0 Å². The summed E-state index contributed by atoms with van der Waals surface area (Å²) in [6.07, 6.45) is 2.62. The van der Waals surface area contributed by atoms with Gasteiger partial charge in [-0.05, 0) is 66.0 Å². The molecule has 35 heavy (non-hydrogen) atoms. The van der Waals surface area contributed by atoms with Crippen molar-refractivity contribution < 1.29 is 38.1 Å². The third kappa shape index (κ3) is 15.4. The summed E-state index contributed by atoms with van der Waals surface area (Å²) in [7, 11) is 0. The van der Waals surface area contributed by atoms with Crippen LogP contribution in [0.1, 0.15) is 90.9 Å². The molecule has 198 valence electrons. The summed E-state index contributed by atoms with van der Waals surface area (Å²) >= 11 is 0. The number of benzene rings is 1. The van der Waals surface area contributed by atoms with Gasteiger partial charge in [0.2, 0.25) is 0 Å². The van der Waals surface area contributed by atoms with E-state index in [1.54, 1.807) is 39.8 Å². The van der Waals surface area contributed by atoms with Crippen LogP contribution in [0.15, 0.2) is 30.3 Å². The molecule has 0 spiro atoms. The number of ether oxygens (including phenoxy) is 4. The maximum Gasteiger partial charge on any atom is 0.417 e. The molecule has 1 heterocycles. The summed E-state index contributed by atoms with van der Waals surface area (Å²) in [6, 6.07) is 8.97. The molecular formula is C26H41NO8. The summed E-state index contributed by atoms with van der Waals surface area (Å²) in [6.45, 7) is 8.83. The van der Waals surface area contributed by atoms with Crippen LogP contribution in [0.25, 0.3) is 0 Å². The minimum Gasteiger partial charge on any atom is -0.463 e. The minimum atomic E-state index is -0.800. The fourth-order valence-electron chi connectivity index (χ4n) is 3.09. The van der Waals surface area contributed by atoms with Crippen molar-refractivity contribution in [3.05, 3.63) is 35.9 Å². The van der Waals surface area contributed by atoms with E-state index in [2.05, 4.69) is 4.74 Å². The number of amides is 2. The number of esters is 2. The van der Waals surface area contributed by atoms with Crippen molar-refractivity contribution in [3.63, 3.8) is 0 Å². The van der Waals surface area contributed by atoms with Crippen LogP contribution in [0.4, 0.5) is 9.59 Å². The third-order valence-corrected chi connectivity index (χ3v) is 4.50. The Morgan fingerprint density at radius 3 is 2.31 bits per heavy atom. The van der Waals surface area contributed by atoms with Crippen LogP contribution in [0.2, 0.25) is 0 Å². The first-order chi connectivity index (χ1) is 16.0. The maximum atomic E-state index is 12.1. The number of hydrogen-bond acceptors (Lipinski definition) is 8. The van der Waals surface area contributed by atoms with Crippen molar-refractivity contribution in [2.45, 2.75) is 98.4 Å². The van der Waals surface area contributed by atoms with Crippen LogP contribution in [0.3, 0.4) is 0 Å². The number of nitrogens with one attached hydrogen (secondary N) is 1. The monoisotopic (exact) mass is 495 g/mol. The van der Waals surface area contributed by atoms with E-state index in [0.29, 0.717) is 18.4 Å². The number of carbonyl (C=O) groups is 4. The highest BCUT2D eigenvalue weighted by Crippen LogP contribution is 2.19. The first-order valence-electron chi connectivity index (χ1n) is 11.6. The van der Waals surface area contributed by atoms with Gasteiger partial charge in [-0.15, -0.1) is 0 Å². The van der Waals surface area contributed by atoms with Gasteiger partial charge in [-0.2, -0.15) is 0 Å². The van der Waals surface area contributed by atoms with Gasteiger partial charge in [-0.3, -0.25) is 4.79 Å². The van der Waals surface area contributed by atoms with Gasteiger partial charge in [0.05, 0.1) is 12.2 Å². The van der Waals surface area contributed by atoms with Crippen molar-refractivity contribution in [3.8, 4) is 0 Å². The number of rotatable bonds is 3. The Morgan fingerprint density at radius 2 is 1.71 bits per heavy atom. The molecule has 2 amide bonds. The molecule has 2 rings (SSSR count). The van der Waals surface area contributed by atoms with Crippen molar-refractivity contribution in [1.29, 1.82) is 0 Å². The average Bonchev–Trinajstić information content (AvgIpc) is 2.72. The van der Waals surface area contributed by atoms with Crippen molar-refractivity contribution >= 4 is 24.1 Å². The number of carbonyl (C=O) groups excluding carboxylic acids is 4. The van der Waals surface area contributed by atoms with Crippen LogP contribution in [0.5, 0.6) is 0 Å². The van der Waals surface area contributed by atoms with E-state index in [4.69, 9.17) is 14.2 Å². The van der Waals surface area contributed by atoms with E-state index in [9.17, 15) is 19.2 Å². The Balaban J connectivity index is 0.000000720. The first-order valence-corrected chi connectivity index (χ1v) is 11.6. The SMILES string of the molecule is C.CC1CC(OC(=O)c2ccccc2)CCCCCC(=O)O1.CCOC(=O)NC(=O)OC(C)(C)C. The predicted octanol–water partition coefficient (Wildman–Crippen LogP) is 5.80. The Labute approximate surface area is 208 Å². The highest BCUT2D eigenvalue weighted by molar-refractivity contribution is 5.89. The van der Waals surface area contributed by atoms with E-state index in [1.807, 2.05) is 30.4 Å². The molecule has 1 aromatic rings. The number of cyclic esters (lactones) is 1. The van der Waals surface area contributed by atoms with Gasteiger partial charge in [-0.25, -0.2) is 19.7 Å². The Morgan fingerprint density at radius 1 is 1.06 bits per heavy atom. The molecule has 1 N–H and O–H groups in total. The molecule has 0 saturated carbocycles. The van der Waals surface area contributed by atoms with Crippen LogP contribution in [0, 0.1) is 0 Å². The third-order valence-electron chi connectivity index (χ3n) is 4.50. The highest BCUT2D eigenvalue weighted by atomic mass is 16.6. The zero-order valence-corrected chi connectivity index (χ0v) is 20.8. The van der Waals surface area contributed by atoms with Gasteiger partial charge in [0.1, 0.15) is 17.8 Å². The lowest BCUT2D eigenvalue weighted by atomic mass is 10.0. The fourth-order valence-corrected chi connectivity index (χ4v) is 3.09. The lowest BCUT2D eigenvalue weighted by Crippen LogP contribution is -2.36. The minimum absolute atomic E-state index is 0. The molecule has 1 aromatic carbocycles. The first kappa shape index (κ1) is 31.9. The fraction of sp³-hybridized carbons (Fsp3) is 0.615. The van der Waals surface area contributed by atoms with Gasteiger partial charge < -0.3 is 18.9 Å².